The molecular formula is C21H25ClFN3O3. The average Bonchev–Trinajstić information content (AvgIpc) is 2.71. The zero-order valence-electron chi connectivity index (χ0n) is 16.5. The van der Waals surface area contributed by atoms with Crippen LogP contribution in [-0.4, -0.2) is 47.3 Å². The molecule has 2 aromatic rings. The van der Waals surface area contributed by atoms with Crippen molar-refractivity contribution in [3.05, 3.63) is 69.4 Å². The number of carbonyl (C=O) groups excluding carboxylic acids is 2. The summed E-state index contributed by atoms with van der Waals surface area (Å²) in [6.07, 6.45) is 1.96. The van der Waals surface area contributed by atoms with Gasteiger partial charge in [0.25, 0.3) is 11.5 Å². The lowest BCUT2D eigenvalue weighted by atomic mass is 10.0. The molecule has 1 heterocycles. The third kappa shape index (κ3) is 6.24. The van der Waals surface area contributed by atoms with E-state index in [1.54, 1.807) is 0 Å². The van der Waals surface area contributed by atoms with E-state index in [0.717, 1.165) is 36.3 Å². The summed E-state index contributed by atoms with van der Waals surface area (Å²) >= 11 is 5.97. The summed E-state index contributed by atoms with van der Waals surface area (Å²) in [5.41, 5.74) is -0.408. The predicted octanol–water partition coefficient (Wildman–Crippen LogP) is 2.91. The number of rotatable bonds is 10. The second-order valence-electron chi connectivity index (χ2n) is 6.54. The Morgan fingerprint density at radius 2 is 1.79 bits per heavy atom. The zero-order valence-corrected chi connectivity index (χ0v) is 17.3. The van der Waals surface area contributed by atoms with Gasteiger partial charge in [0.05, 0.1) is 5.02 Å². The first kappa shape index (κ1) is 22.8. The third-order valence-electron chi connectivity index (χ3n) is 4.65. The molecule has 0 aliphatic heterocycles. The van der Waals surface area contributed by atoms with Crippen LogP contribution >= 0.6 is 11.6 Å². The van der Waals surface area contributed by atoms with E-state index in [4.69, 9.17) is 11.6 Å². The van der Waals surface area contributed by atoms with Gasteiger partial charge in [-0.3, -0.25) is 19.0 Å². The Hall–Kier alpha value is -2.51. The fourth-order valence-electron chi connectivity index (χ4n) is 2.97. The van der Waals surface area contributed by atoms with Crippen LogP contribution < -0.4 is 10.9 Å². The average molecular weight is 422 g/mol. The zero-order chi connectivity index (χ0) is 21.4. The Labute approximate surface area is 174 Å². The van der Waals surface area contributed by atoms with Gasteiger partial charge in [-0.1, -0.05) is 25.4 Å². The van der Waals surface area contributed by atoms with Crippen LogP contribution in [0, 0.1) is 5.82 Å². The van der Waals surface area contributed by atoms with E-state index >= 15 is 0 Å². The molecule has 1 amide bonds. The first-order valence-electron chi connectivity index (χ1n) is 9.54. The van der Waals surface area contributed by atoms with Crippen LogP contribution in [0.15, 0.2) is 47.4 Å². The predicted molar refractivity (Wildman–Crippen MR) is 111 cm³/mol. The van der Waals surface area contributed by atoms with Crippen LogP contribution in [0.3, 0.4) is 0 Å². The second-order valence-corrected chi connectivity index (χ2v) is 6.97. The van der Waals surface area contributed by atoms with E-state index in [1.165, 1.54) is 30.5 Å². The monoisotopic (exact) mass is 421 g/mol. The number of pyridine rings is 1. The summed E-state index contributed by atoms with van der Waals surface area (Å²) in [4.78, 5) is 40.4. The Morgan fingerprint density at radius 3 is 2.41 bits per heavy atom. The number of hydrogen-bond donors (Lipinski definition) is 1. The van der Waals surface area contributed by atoms with Crippen LogP contribution in [0.4, 0.5) is 4.39 Å². The molecule has 0 aliphatic rings. The van der Waals surface area contributed by atoms with E-state index in [-0.39, 0.29) is 10.6 Å². The lowest BCUT2D eigenvalue weighted by Crippen LogP contribution is -2.42. The molecule has 1 aromatic heterocycles. The van der Waals surface area contributed by atoms with Crippen molar-refractivity contribution in [1.29, 1.82) is 0 Å². The van der Waals surface area contributed by atoms with Gasteiger partial charge in [-0.05, 0) is 56.4 Å². The number of amides is 1. The second kappa shape index (κ2) is 10.9. The number of hydrogen-bond acceptors (Lipinski definition) is 4. The van der Waals surface area contributed by atoms with Crippen molar-refractivity contribution in [2.75, 3.05) is 26.2 Å². The van der Waals surface area contributed by atoms with Crippen molar-refractivity contribution in [2.45, 2.75) is 26.3 Å². The van der Waals surface area contributed by atoms with Crippen LogP contribution in [0.25, 0.3) is 0 Å². The van der Waals surface area contributed by atoms with Crippen molar-refractivity contribution in [3.8, 4) is 0 Å². The molecule has 1 atom stereocenters. The first-order chi connectivity index (χ1) is 13.9. The van der Waals surface area contributed by atoms with Gasteiger partial charge >= 0.3 is 0 Å². The minimum Gasteiger partial charge on any atom is -0.354 e. The topological polar surface area (TPSA) is 71.4 Å². The summed E-state index contributed by atoms with van der Waals surface area (Å²) < 4.78 is 14.2. The van der Waals surface area contributed by atoms with Gasteiger partial charge in [0.2, 0.25) is 0 Å². The SMILES string of the molecule is CCN(CC)CCCNC(=O)[C@H](C(=O)c1ccc(F)cc1)n1cc(Cl)ccc1=O. The molecule has 156 valence electrons. The number of benzene rings is 1. The van der Waals surface area contributed by atoms with Crippen LogP contribution in [-0.2, 0) is 4.79 Å². The summed E-state index contributed by atoms with van der Waals surface area (Å²) in [5, 5.41) is 2.95. The minimum absolute atomic E-state index is 0.126. The van der Waals surface area contributed by atoms with Gasteiger partial charge in [0.1, 0.15) is 5.82 Å². The number of carbonyl (C=O) groups is 2. The van der Waals surface area contributed by atoms with Crippen molar-refractivity contribution in [2.24, 2.45) is 0 Å². The summed E-state index contributed by atoms with van der Waals surface area (Å²) in [6.45, 7) is 7.11. The molecule has 0 spiro atoms. The number of aromatic nitrogens is 1. The molecule has 0 unspecified atom stereocenters. The summed E-state index contributed by atoms with van der Waals surface area (Å²) in [5.74, 6) is -1.72. The summed E-state index contributed by atoms with van der Waals surface area (Å²) in [6, 6.07) is 5.99. The molecule has 0 saturated carbocycles. The van der Waals surface area contributed by atoms with Gasteiger partial charge in [0.15, 0.2) is 11.8 Å². The molecule has 0 fully saturated rings. The number of Topliss-reactive ketones (excluding diaryl/α,β-unsaturated/α-hetero) is 1. The quantitative estimate of drug-likeness (QED) is 0.364. The fourth-order valence-corrected chi connectivity index (χ4v) is 3.14. The van der Waals surface area contributed by atoms with Crippen molar-refractivity contribution in [3.63, 3.8) is 0 Å². The van der Waals surface area contributed by atoms with Gasteiger partial charge in [0, 0.05) is 24.4 Å². The van der Waals surface area contributed by atoms with E-state index in [2.05, 4.69) is 24.1 Å². The third-order valence-corrected chi connectivity index (χ3v) is 4.87. The lowest BCUT2D eigenvalue weighted by molar-refractivity contribution is -0.123. The highest BCUT2D eigenvalue weighted by atomic mass is 35.5. The van der Waals surface area contributed by atoms with Crippen LogP contribution in [0.1, 0.15) is 36.7 Å². The van der Waals surface area contributed by atoms with Crippen LogP contribution in [0.2, 0.25) is 5.02 Å². The van der Waals surface area contributed by atoms with Gasteiger partial charge in [-0.25, -0.2) is 4.39 Å². The highest BCUT2D eigenvalue weighted by Crippen LogP contribution is 2.16. The smallest absolute Gasteiger partial charge is 0.251 e. The van der Waals surface area contributed by atoms with E-state index in [1.807, 2.05) is 0 Å². The number of nitrogens with zero attached hydrogens (tertiary/aromatic N) is 2. The Bertz CT molecular complexity index is 895. The molecule has 2 rings (SSSR count). The van der Waals surface area contributed by atoms with Crippen molar-refractivity contribution < 1.29 is 14.0 Å². The first-order valence-corrected chi connectivity index (χ1v) is 9.92. The summed E-state index contributed by atoms with van der Waals surface area (Å²) in [7, 11) is 0. The van der Waals surface area contributed by atoms with Crippen molar-refractivity contribution in [1.82, 2.24) is 14.8 Å². The normalized spacial score (nSPS) is 12.0. The van der Waals surface area contributed by atoms with E-state index in [9.17, 15) is 18.8 Å². The molecule has 0 aliphatic carbocycles. The van der Waals surface area contributed by atoms with Crippen molar-refractivity contribution >= 4 is 23.3 Å². The number of ketones is 1. The van der Waals surface area contributed by atoms with Crippen LogP contribution in [0.5, 0.6) is 0 Å². The van der Waals surface area contributed by atoms with Gasteiger partial charge in [-0.2, -0.15) is 0 Å². The number of halogens is 2. The molecule has 29 heavy (non-hydrogen) atoms. The maximum atomic E-state index is 13.2. The minimum atomic E-state index is -1.43. The lowest BCUT2D eigenvalue weighted by Gasteiger charge is -2.20. The van der Waals surface area contributed by atoms with E-state index in [0.29, 0.717) is 13.0 Å². The Kier molecular flexibility index (Phi) is 8.54. The maximum absolute atomic E-state index is 13.2. The standard InChI is InChI=1S/C21H25ClFN3O3/c1-3-25(4-2)13-5-12-24-21(29)19(26-14-16(22)8-11-18(26)27)20(28)15-6-9-17(23)10-7-15/h6-11,14,19H,3-5,12-13H2,1-2H3,(H,24,29)/t19-/m0/s1. The highest BCUT2D eigenvalue weighted by molar-refractivity contribution is 6.30. The highest BCUT2D eigenvalue weighted by Gasteiger charge is 2.30. The van der Waals surface area contributed by atoms with Gasteiger partial charge in [-0.15, -0.1) is 0 Å². The molecular weight excluding hydrogens is 397 g/mol. The number of nitrogens with one attached hydrogen (secondary N) is 1. The Morgan fingerprint density at radius 1 is 1.14 bits per heavy atom. The molecule has 1 N–H and O–H groups in total. The molecule has 6 nitrogen and oxygen atoms in total. The largest absolute Gasteiger partial charge is 0.354 e. The Balaban J connectivity index is 2.24. The molecule has 0 radical (unpaired) electrons. The van der Waals surface area contributed by atoms with Gasteiger partial charge < -0.3 is 10.2 Å². The fraction of sp³-hybridized carbons (Fsp3) is 0.381. The van der Waals surface area contributed by atoms with E-state index < -0.39 is 29.1 Å². The molecule has 1 aromatic carbocycles. The molecule has 0 saturated heterocycles. The maximum Gasteiger partial charge on any atom is 0.251 e. The molecule has 0 bridgehead atoms. The molecule has 8 heteroatoms.